The molecule has 1 aromatic rings. The Bertz CT molecular complexity index is 501. The molecule has 1 heterocycles. The summed E-state index contributed by atoms with van der Waals surface area (Å²) in [5.74, 6) is -1.41. The molecule has 1 aromatic carbocycles. The zero-order valence-corrected chi connectivity index (χ0v) is 11.5. The predicted molar refractivity (Wildman–Crippen MR) is 72.4 cm³/mol. The van der Waals surface area contributed by atoms with Crippen molar-refractivity contribution in [2.24, 2.45) is 5.92 Å². The van der Waals surface area contributed by atoms with E-state index in [9.17, 15) is 8.78 Å². The standard InChI is InChI=1S/C15H18F2N2O/c1-18-8-12-9-19(5-6-20-2)10-13(12)11-3-4-14(16)15(17)7-11/h3-4,7,12-13H,5-6,8-10H2,2H3/t12-,13+/m1/s1. The fraction of sp³-hybridized carbons (Fsp3) is 0.533. The molecule has 0 spiro atoms. The monoisotopic (exact) mass is 280 g/mol. The molecule has 0 N–H and O–H groups in total. The van der Waals surface area contributed by atoms with Crippen molar-refractivity contribution in [3.8, 4) is 0 Å². The molecule has 0 saturated carbocycles. The van der Waals surface area contributed by atoms with Crippen LogP contribution >= 0.6 is 0 Å². The second-order valence-corrected chi connectivity index (χ2v) is 5.13. The molecule has 1 fully saturated rings. The Morgan fingerprint density at radius 2 is 2.15 bits per heavy atom. The Morgan fingerprint density at radius 1 is 1.35 bits per heavy atom. The first-order chi connectivity index (χ1) is 9.65. The summed E-state index contributed by atoms with van der Waals surface area (Å²) >= 11 is 0. The molecule has 0 radical (unpaired) electrons. The lowest BCUT2D eigenvalue weighted by Gasteiger charge is -2.15. The lowest BCUT2D eigenvalue weighted by atomic mass is 9.89. The van der Waals surface area contributed by atoms with Gasteiger partial charge in [-0.1, -0.05) is 6.07 Å². The van der Waals surface area contributed by atoms with Crippen LogP contribution in [0.4, 0.5) is 8.78 Å². The molecule has 108 valence electrons. The number of hydrogen-bond donors (Lipinski definition) is 0. The van der Waals surface area contributed by atoms with E-state index in [0.717, 1.165) is 31.3 Å². The SMILES string of the molecule is [C-]#[N+]C[C@@H]1CN(CCOC)C[C@H]1c1ccc(F)c(F)c1. The third-order valence-corrected chi connectivity index (χ3v) is 3.83. The van der Waals surface area contributed by atoms with Crippen molar-refractivity contribution >= 4 is 0 Å². The van der Waals surface area contributed by atoms with Crippen molar-refractivity contribution in [2.45, 2.75) is 5.92 Å². The summed E-state index contributed by atoms with van der Waals surface area (Å²) in [6.45, 7) is 10.4. The van der Waals surface area contributed by atoms with Crippen LogP contribution in [0.5, 0.6) is 0 Å². The summed E-state index contributed by atoms with van der Waals surface area (Å²) in [6.07, 6.45) is 0. The second kappa shape index (κ2) is 6.78. The molecule has 20 heavy (non-hydrogen) atoms. The molecule has 1 aliphatic heterocycles. The van der Waals surface area contributed by atoms with Gasteiger partial charge in [0.15, 0.2) is 11.6 Å². The predicted octanol–water partition coefficient (Wildman–Crippen LogP) is 2.55. The molecular weight excluding hydrogens is 262 g/mol. The fourth-order valence-electron chi connectivity index (χ4n) is 2.79. The van der Waals surface area contributed by atoms with Gasteiger partial charge in [0, 0.05) is 32.7 Å². The van der Waals surface area contributed by atoms with Crippen molar-refractivity contribution in [1.29, 1.82) is 0 Å². The zero-order chi connectivity index (χ0) is 14.5. The van der Waals surface area contributed by atoms with Crippen LogP contribution in [-0.4, -0.2) is 44.8 Å². The Kier molecular flexibility index (Phi) is 5.05. The molecule has 2 atom stereocenters. The van der Waals surface area contributed by atoms with Gasteiger partial charge in [0.05, 0.1) is 12.5 Å². The van der Waals surface area contributed by atoms with Crippen LogP contribution in [0.15, 0.2) is 18.2 Å². The lowest BCUT2D eigenvalue weighted by Crippen LogP contribution is -2.25. The second-order valence-electron chi connectivity index (χ2n) is 5.13. The minimum atomic E-state index is -0.829. The van der Waals surface area contributed by atoms with Crippen LogP contribution in [0, 0.1) is 24.1 Å². The summed E-state index contributed by atoms with van der Waals surface area (Å²) in [5, 5.41) is 0. The first-order valence-electron chi connectivity index (χ1n) is 6.65. The van der Waals surface area contributed by atoms with Gasteiger partial charge in [-0.3, -0.25) is 4.90 Å². The third kappa shape index (κ3) is 3.33. The van der Waals surface area contributed by atoms with E-state index >= 15 is 0 Å². The van der Waals surface area contributed by atoms with Gasteiger partial charge in [0.25, 0.3) is 0 Å². The summed E-state index contributed by atoms with van der Waals surface area (Å²) in [4.78, 5) is 5.69. The number of rotatable bonds is 5. The highest BCUT2D eigenvalue weighted by Gasteiger charge is 2.35. The Morgan fingerprint density at radius 3 is 2.80 bits per heavy atom. The Hall–Kier alpha value is -1.51. The van der Waals surface area contributed by atoms with Crippen molar-refractivity contribution in [1.82, 2.24) is 4.90 Å². The maximum absolute atomic E-state index is 13.4. The highest BCUT2D eigenvalue weighted by Crippen LogP contribution is 2.33. The average Bonchev–Trinajstić information content (AvgIpc) is 2.83. The van der Waals surface area contributed by atoms with Crippen LogP contribution in [0.2, 0.25) is 0 Å². The van der Waals surface area contributed by atoms with E-state index < -0.39 is 11.6 Å². The van der Waals surface area contributed by atoms with E-state index in [-0.39, 0.29) is 11.8 Å². The van der Waals surface area contributed by atoms with Gasteiger partial charge in [0.1, 0.15) is 0 Å². The van der Waals surface area contributed by atoms with E-state index in [1.54, 1.807) is 13.2 Å². The normalized spacial score (nSPS) is 22.9. The number of benzene rings is 1. The van der Waals surface area contributed by atoms with E-state index in [0.29, 0.717) is 13.2 Å². The molecule has 5 heteroatoms. The summed E-state index contributed by atoms with van der Waals surface area (Å²) in [7, 11) is 1.65. The molecule has 0 bridgehead atoms. The fourth-order valence-corrected chi connectivity index (χ4v) is 2.79. The number of likely N-dealkylation sites (tertiary alicyclic amines) is 1. The van der Waals surface area contributed by atoms with Crippen LogP contribution in [0.1, 0.15) is 11.5 Å². The number of ether oxygens (including phenoxy) is 1. The van der Waals surface area contributed by atoms with Gasteiger partial charge in [-0.2, -0.15) is 0 Å². The van der Waals surface area contributed by atoms with E-state index in [1.165, 1.54) is 6.07 Å². The van der Waals surface area contributed by atoms with Gasteiger partial charge in [-0.25, -0.2) is 15.4 Å². The molecule has 0 aliphatic carbocycles. The van der Waals surface area contributed by atoms with Crippen LogP contribution < -0.4 is 0 Å². The highest BCUT2D eigenvalue weighted by atomic mass is 19.2. The Labute approximate surface area is 118 Å². The third-order valence-electron chi connectivity index (χ3n) is 3.83. The maximum atomic E-state index is 13.4. The van der Waals surface area contributed by atoms with E-state index in [1.807, 2.05) is 0 Å². The molecule has 0 aromatic heterocycles. The number of hydrogen-bond acceptors (Lipinski definition) is 2. The summed E-state index contributed by atoms with van der Waals surface area (Å²) in [6, 6.07) is 4.05. The average molecular weight is 280 g/mol. The topological polar surface area (TPSA) is 16.8 Å². The van der Waals surface area contributed by atoms with Gasteiger partial charge in [0.2, 0.25) is 6.54 Å². The quantitative estimate of drug-likeness (QED) is 0.771. The highest BCUT2D eigenvalue weighted by molar-refractivity contribution is 5.24. The Balaban J connectivity index is 2.14. The van der Waals surface area contributed by atoms with Crippen molar-refractivity contribution in [3.63, 3.8) is 0 Å². The van der Waals surface area contributed by atoms with Crippen molar-refractivity contribution in [2.75, 3.05) is 39.9 Å². The first kappa shape index (κ1) is 14.9. The van der Waals surface area contributed by atoms with Crippen LogP contribution in [0.25, 0.3) is 4.85 Å². The summed E-state index contributed by atoms with van der Waals surface area (Å²) in [5.41, 5.74) is 0.775. The van der Waals surface area contributed by atoms with E-state index in [4.69, 9.17) is 11.3 Å². The minimum absolute atomic E-state index is 0.0797. The maximum Gasteiger partial charge on any atom is 0.219 e. The number of halogens is 2. The van der Waals surface area contributed by atoms with Gasteiger partial charge in [-0.05, 0) is 17.7 Å². The van der Waals surface area contributed by atoms with Gasteiger partial charge < -0.3 is 9.58 Å². The molecule has 3 nitrogen and oxygen atoms in total. The number of methoxy groups -OCH3 is 1. The lowest BCUT2D eigenvalue weighted by molar-refractivity contribution is 0.159. The molecule has 0 amide bonds. The largest absolute Gasteiger partial charge is 0.383 e. The molecule has 1 aliphatic rings. The molecule has 1 saturated heterocycles. The van der Waals surface area contributed by atoms with Gasteiger partial charge in [-0.15, -0.1) is 0 Å². The first-order valence-corrected chi connectivity index (χ1v) is 6.65. The van der Waals surface area contributed by atoms with Crippen LogP contribution in [0.3, 0.4) is 0 Å². The van der Waals surface area contributed by atoms with E-state index in [2.05, 4.69) is 9.74 Å². The molecular formula is C15H18F2N2O. The summed E-state index contributed by atoms with van der Waals surface area (Å²) < 4.78 is 31.5. The molecule has 0 unspecified atom stereocenters. The van der Waals surface area contributed by atoms with Crippen LogP contribution in [-0.2, 0) is 4.74 Å². The molecule has 2 rings (SSSR count). The van der Waals surface area contributed by atoms with Crippen molar-refractivity contribution < 1.29 is 13.5 Å². The smallest absolute Gasteiger partial charge is 0.219 e. The van der Waals surface area contributed by atoms with Crippen molar-refractivity contribution in [3.05, 3.63) is 46.8 Å². The minimum Gasteiger partial charge on any atom is -0.383 e. The zero-order valence-electron chi connectivity index (χ0n) is 11.5. The number of nitrogens with zero attached hydrogens (tertiary/aromatic N) is 2. The van der Waals surface area contributed by atoms with Gasteiger partial charge >= 0.3 is 0 Å².